The molecule has 3 saturated carbocycles. The van der Waals surface area contributed by atoms with E-state index >= 15 is 0 Å². The maximum atomic E-state index is 13.9. The summed E-state index contributed by atoms with van der Waals surface area (Å²) in [7, 11) is 1.25. The summed E-state index contributed by atoms with van der Waals surface area (Å²) < 4.78 is 24.3. The first kappa shape index (κ1) is 20.8. The van der Waals surface area contributed by atoms with E-state index in [4.69, 9.17) is 9.51 Å². The van der Waals surface area contributed by atoms with Gasteiger partial charge in [-0.25, -0.2) is 9.18 Å². The van der Waals surface area contributed by atoms with Crippen molar-refractivity contribution in [3.05, 3.63) is 41.3 Å². The molecule has 3 fully saturated rings. The Labute approximate surface area is 176 Å². The van der Waals surface area contributed by atoms with Crippen LogP contribution in [0.3, 0.4) is 0 Å². The molecular weight excluding hydrogens is 385 g/mol. The number of hydrogen-bond acceptors (Lipinski definition) is 6. The van der Waals surface area contributed by atoms with Gasteiger partial charge in [0.2, 0.25) is 5.89 Å². The molecule has 6 nitrogen and oxygen atoms in total. The largest absolute Gasteiger partial charge is 0.465 e. The molecule has 7 heteroatoms. The van der Waals surface area contributed by atoms with E-state index in [-0.39, 0.29) is 21.8 Å². The number of anilines is 1. The topological polar surface area (TPSA) is 77.2 Å². The fourth-order valence-electron chi connectivity index (χ4n) is 4.78. The molecule has 162 valence electrons. The third-order valence-electron chi connectivity index (χ3n) is 6.99. The summed E-state index contributed by atoms with van der Waals surface area (Å²) in [5.41, 5.74) is 0.784. The molecule has 0 amide bonds. The molecule has 1 heterocycles. The Morgan fingerprint density at radius 2 is 1.87 bits per heavy atom. The predicted molar refractivity (Wildman–Crippen MR) is 111 cm³/mol. The number of rotatable bonds is 5. The second-order valence-corrected chi connectivity index (χ2v) is 9.99. The normalized spacial score (nSPS) is 25.9. The van der Waals surface area contributed by atoms with Crippen LogP contribution in [0, 0.1) is 11.2 Å². The highest BCUT2D eigenvalue weighted by molar-refractivity contribution is 5.90. The van der Waals surface area contributed by atoms with Gasteiger partial charge in [-0.1, -0.05) is 25.9 Å². The van der Waals surface area contributed by atoms with Gasteiger partial charge in [-0.2, -0.15) is 4.98 Å². The van der Waals surface area contributed by atoms with E-state index in [0.29, 0.717) is 0 Å². The number of carbonyl (C=O) groups excluding carboxylic acids is 1. The number of nitrogens with one attached hydrogen (secondary N) is 1. The number of halogens is 1. The Hall–Kier alpha value is -2.44. The predicted octanol–water partition coefficient (Wildman–Crippen LogP) is 5.00. The summed E-state index contributed by atoms with van der Waals surface area (Å²) in [6, 6.07) is 4.50. The van der Waals surface area contributed by atoms with Gasteiger partial charge in [-0.05, 0) is 62.1 Å². The number of carbonyl (C=O) groups is 1. The first-order valence-corrected chi connectivity index (χ1v) is 10.6. The van der Waals surface area contributed by atoms with E-state index in [1.54, 1.807) is 6.07 Å². The monoisotopic (exact) mass is 415 g/mol. The first-order valence-electron chi connectivity index (χ1n) is 10.6. The number of nitrogens with zero attached hydrogens (tertiary/aromatic N) is 2. The number of fused-ring (bicyclic) bond motifs is 3. The van der Waals surface area contributed by atoms with Gasteiger partial charge in [0.25, 0.3) is 0 Å². The van der Waals surface area contributed by atoms with E-state index in [9.17, 15) is 9.18 Å². The van der Waals surface area contributed by atoms with Gasteiger partial charge in [0, 0.05) is 23.1 Å². The maximum Gasteiger partial charge on any atom is 0.340 e. The van der Waals surface area contributed by atoms with Gasteiger partial charge in [0.1, 0.15) is 5.82 Å². The Morgan fingerprint density at radius 3 is 2.43 bits per heavy atom. The lowest BCUT2D eigenvalue weighted by Gasteiger charge is -2.52. The third kappa shape index (κ3) is 3.70. The van der Waals surface area contributed by atoms with E-state index in [0.717, 1.165) is 62.5 Å². The van der Waals surface area contributed by atoms with Crippen LogP contribution in [0.1, 0.15) is 81.4 Å². The lowest BCUT2D eigenvalue weighted by atomic mass is 9.53. The van der Waals surface area contributed by atoms with Crippen LogP contribution in [-0.4, -0.2) is 29.8 Å². The minimum Gasteiger partial charge on any atom is -0.465 e. The van der Waals surface area contributed by atoms with Crippen LogP contribution in [-0.2, 0) is 15.6 Å². The van der Waals surface area contributed by atoms with Crippen molar-refractivity contribution in [3.8, 4) is 0 Å². The lowest BCUT2D eigenvalue weighted by Crippen LogP contribution is -2.47. The van der Waals surface area contributed by atoms with Gasteiger partial charge in [-0.3, -0.25) is 0 Å². The number of aromatic nitrogens is 2. The van der Waals surface area contributed by atoms with Crippen LogP contribution in [0.4, 0.5) is 10.1 Å². The zero-order valence-corrected chi connectivity index (χ0v) is 18.2. The van der Waals surface area contributed by atoms with E-state index in [2.05, 4.69) is 36.0 Å². The fraction of sp³-hybridized carbons (Fsp3) is 0.609. The molecule has 3 aliphatic carbocycles. The number of esters is 1. The molecule has 0 unspecified atom stereocenters. The molecule has 2 bridgehead atoms. The molecular formula is C23H30FN3O3. The summed E-state index contributed by atoms with van der Waals surface area (Å²) in [6.07, 6.45) is 6.36. The van der Waals surface area contributed by atoms with Crippen molar-refractivity contribution >= 4 is 11.7 Å². The summed E-state index contributed by atoms with van der Waals surface area (Å²) in [4.78, 5) is 16.5. The summed E-state index contributed by atoms with van der Waals surface area (Å²) in [6.45, 7) is 7.09. The van der Waals surface area contributed by atoms with Gasteiger partial charge in [0.05, 0.1) is 12.7 Å². The molecule has 2 aromatic rings. The van der Waals surface area contributed by atoms with E-state index < -0.39 is 11.8 Å². The van der Waals surface area contributed by atoms with Gasteiger partial charge in [-0.15, -0.1) is 0 Å². The van der Waals surface area contributed by atoms with E-state index in [1.165, 1.54) is 19.2 Å². The van der Waals surface area contributed by atoms with Gasteiger partial charge < -0.3 is 14.6 Å². The molecule has 0 radical (unpaired) electrons. The van der Waals surface area contributed by atoms with Crippen LogP contribution in [0.5, 0.6) is 0 Å². The average Bonchev–Trinajstić information content (AvgIpc) is 3.26. The van der Waals surface area contributed by atoms with Crippen molar-refractivity contribution in [3.63, 3.8) is 0 Å². The lowest BCUT2D eigenvalue weighted by molar-refractivity contribution is 0.0322. The van der Waals surface area contributed by atoms with Crippen molar-refractivity contribution in [2.75, 3.05) is 19.0 Å². The second-order valence-electron chi connectivity index (χ2n) is 9.99. The second kappa shape index (κ2) is 7.36. The van der Waals surface area contributed by atoms with Crippen LogP contribution in [0.2, 0.25) is 0 Å². The zero-order valence-electron chi connectivity index (χ0n) is 18.2. The Kier molecular flexibility index (Phi) is 5.11. The number of methoxy groups -OCH3 is 1. The van der Waals surface area contributed by atoms with Crippen molar-refractivity contribution in [2.24, 2.45) is 5.41 Å². The van der Waals surface area contributed by atoms with Crippen molar-refractivity contribution in [1.29, 1.82) is 0 Å². The van der Waals surface area contributed by atoms with Crippen LogP contribution < -0.4 is 5.32 Å². The summed E-state index contributed by atoms with van der Waals surface area (Å²) in [5.74, 6) is 0.340. The maximum absolute atomic E-state index is 13.9. The molecule has 0 aliphatic heterocycles. The van der Waals surface area contributed by atoms with Crippen molar-refractivity contribution in [1.82, 2.24) is 10.1 Å². The number of ether oxygens (including phenoxy) is 1. The highest BCUT2D eigenvalue weighted by Crippen LogP contribution is 2.57. The zero-order chi connectivity index (χ0) is 21.6. The number of hydrogen-bond donors (Lipinski definition) is 1. The Morgan fingerprint density at radius 1 is 1.20 bits per heavy atom. The molecule has 5 rings (SSSR count). The smallest absolute Gasteiger partial charge is 0.340 e. The molecule has 30 heavy (non-hydrogen) atoms. The molecule has 1 aromatic heterocycles. The van der Waals surface area contributed by atoms with Crippen molar-refractivity contribution in [2.45, 2.75) is 70.1 Å². The highest BCUT2D eigenvalue weighted by atomic mass is 19.1. The minimum absolute atomic E-state index is 0.00613. The summed E-state index contributed by atoms with van der Waals surface area (Å²) in [5, 5.41) is 7.66. The van der Waals surface area contributed by atoms with Crippen LogP contribution in [0.15, 0.2) is 22.7 Å². The average molecular weight is 416 g/mol. The molecule has 0 atom stereocenters. The first-order chi connectivity index (χ1) is 14.2. The van der Waals surface area contributed by atoms with Crippen LogP contribution in [0.25, 0.3) is 0 Å². The molecule has 1 aromatic carbocycles. The highest BCUT2D eigenvalue weighted by Gasteiger charge is 2.52. The molecule has 0 saturated heterocycles. The van der Waals surface area contributed by atoms with Gasteiger partial charge >= 0.3 is 5.97 Å². The standard InChI is InChI=1S/C23H30FN3O3/c1-21(2,3)19-26-20(30-27-19)23-10-7-22(8-11-23,9-12-23)14-25-15-5-6-17(24)16(13-15)18(28)29-4/h5-6,13,25H,7-12,14H2,1-4H3. The van der Waals surface area contributed by atoms with E-state index in [1.807, 2.05) is 0 Å². The third-order valence-corrected chi connectivity index (χ3v) is 6.99. The van der Waals surface area contributed by atoms with Gasteiger partial charge in [0.15, 0.2) is 5.82 Å². The molecule has 1 N–H and O–H groups in total. The van der Waals surface area contributed by atoms with Crippen LogP contribution >= 0.6 is 0 Å². The van der Waals surface area contributed by atoms with Crippen molar-refractivity contribution < 1.29 is 18.4 Å². The molecule has 3 aliphatic rings. The fourth-order valence-corrected chi connectivity index (χ4v) is 4.78. The minimum atomic E-state index is -0.663. The quantitative estimate of drug-likeness (QED) is 0.693. The Balaban J connectivity index is 1.43. The molecule has 0 spiro atoms. The number of benzene rings is 1. The summed E-state index contributed by atoms with van der Waals surface area (Å²) >= 11 is 0. The Bertz CT molecular complexity index is 923. The SMILES string of the molecule is COC(=O)c1cc(NCC23CCC(c4nc(C(C)(C)C)no4)(CC2)CC3)ccc1F.